The maximum Gasteiger partial charge on any atom is 0.420 e. The summed E-state index contributed by atoms with van der Waals surface area (Å²) < 4.78 is 39.8. The van der Waals surface area contributed by atoms with Crippen LogP contribution in [-0.2, 0) is 9.53 Å². The third-order valence-corrected chi connectivity index (χ3v) is 1.27. The lowest BCUT2D eigenvalue weighted by atomic mass is 10.1. The van der Waals surface area contributed by atoms with Crippen LogP contribution in [0, 0.1) is 0 Å². The van der Waals surface area contributed by atoms with Crippen LogP contribution >= 0.6 is 0 Å². The molecule has 0 fully saturated rings. The van der Waals surface area contributed by atoms with E-state index in [1.165, 1.54) is 0 Å². The molecule has 0 aliphatic carbocycles. The predicted octanol–water partition coefficient (Wildman–Crippen LogP) is 1.03. The van der Waals surface area contributed by atoms with Gasteiger partial charge in [-0.3, -0.25) is 0 Å². The van der Waals surface area contributed by atoms with Gasteiger partial charge in [0.15, 0.2) is 5.60 Å². The van der Waals surface area contributed by atoms with Gasteiger partial charge in [0.05, 0.1) is 0 Å². The first-order valence-corrected chi connectivity index (χ1v) is 3.29. The highest BCUT2D eigenvalue weighted by Gasteiger charge is 2.50. The molecule has 0 spiro atoms. The van der Waals surface area contributed by atoms with Crippen LogP contribution in [0.2, 0.25) is 0 Å². The molecule has 0 bridgehead atoms. The van der Waals surface area contributed by atoms with Crippen LogP contribution in [0.1, 0.15) is 6.92 Å². The minimum Gasteiger partial charge on any atom is -0.459 e. The van der Waals surface area contributed by atoms with Gasteiger partial charge in [-0.2, -0.15) is 13.2 Å². The first-order chi connectivity index (χ1) is 5.70. The van der Waals surface area contributed by atoms with Gasteiger partial charge in [0.25, 0.3) is 0 Å². The number of esters is 1. The van der Waals surface area contributed by atoms with E-state index in [1.807, 2.05) is 0 Å². The van der Waals surface area contributed by atoms with Crippen molar-refractivity contribution < 1.29 is 27.8 Å². The molecule has 1 unspecified atom stereocenters. The molecule has 0 radical (unpaired) electrons. The summed E-state index contributed by atoms with van der Waals surface area (Å²) in [5, 5.41) is 8.76. The summed E-state index contributed by atoms with van der Waals surface area (Å²) in [6.45, 7) is 2.37. The zero-order valence-electron chi connectivity index (χ0n) is 6.89. The number of hydrogen-bond donors (Lipinski definition) is 1. The Bertz CT molecular complexity index is 208. The summed E-state index contributed by atoms with van der Waals surface area (Å²) in [6.07, 6.45) is -4.11. The predicted molar refractivity (Wildman–Crippen MR) is 37.8 cm³/mol. The topological polar surface area (TPSA) is 46.5 Å². The molecule has 0 aliphatic heterocycles. The number of halogens is 3. The first-order valence-electron chi connectivity index (χ1n) is 3.29. The minimum absolute atomic E-state index is 0.517. The van der Waals surface area contributed by atoms with Crippen LogP contribution in [0.15, 0.2) is 12.7 Å². The fourth-order valence-corrected chi connectivity index (χ4v) is 0.352. The Morgan fingerprint density at radius 2 is 2.08 bits per heavy atom. The van der Waals surface area contributed by atoms with E-state index in [2.05, 4.69) is 11.3 Å². The van der Waals surface area contributed by atoms with Crippen molar-refractivity contribution in [2.75, 3.05) is 6.61 Å². The van der Waals surface area contributed by atoms with Gasteiger partial charge in [0.2, 0.25) is 0 Å². The molecule has 0 aromatic rings. The molecule has 76 valence electrons. The zero-order chi connectivity index (χ0) is 10.7. The Labute approximate surface area is 72.8 Å². The molecule has 0 aromatic carbocycles. The van der Waals surface area contributed by atoms with E-state index < -0.39 is 24.4 Å². The lowest BCUT2D eigenvalue weighted by Crippen LogP contribution is -2.46. The van der Waals surface area contributed by atoms with E-state index in [9.17, 15) is 18.0 Å². The average Bonchev–Trinajstić information content (AvgIpc) is 1.98. The first kappa shape index (κ1) is 12.0. The second-order valence-corrected chi connectivity index (χ2v) is 2.58. The second kappa shape index (κ2) is 3.78. The Kier molecular flexibility index (Phi) is 3.48. The Morgan fingerprint density at radius 1 is 1.62 bits per heavy atom. The van der Waals surface area contributed by atoms with Crippen LogP contribution in [-0.4, -0.2) is 29.5 Å². The van der Waals surface area contributed by atoms with Crippen molar-refractivity contribution >= 4 is 5.97 Å². The van der Waals surface area contributed by atoms with Gasteiger partial charge >= 0.3 is 12.1 Å². The molecular formula is C7H9F3O3. The van der Waals surface area contributed by atoms with E-state index in [4.69, 9.17) is 5.11 Å². The highest BCUT2D eigenvalue weighted by molar-refractivity contribution is 5.81. The van der Waals surface area contributed by atoms with Crippen LogP contribution in [0.3, 0.4) is 0 Å². The van der Waals surface area contributed by atoms with E-state index in [1.54, 1.807) is 0 Å². The Morgan fingerprint density at radius 3 is 2.38 bits per heavy atom. The fourth-order valence-electron chi connectivity index (χ4n) is 0.352. The van der Waals surface area contributed by atoms with Crippen molar-refractivity contribution in [3.8, 4) is 0 Å². The van der Waals surface area contributed by atoms with Gasteiger partial charge < -0.3 is 9.84 Å². The molecular weight excluding hydrogens is 189 g/mol. The lowest BCUT2D eigenvalue weighted by molar-refractivity contribution is -0.264. The summed E-state index contributed by atoms with van der Waals surface area (Å²) in [5.41, 5.74) is -3.02. The van der Waals surface area contributed by atoms with Crippen LogP contribution in [0.5, 0.6) is 0 Å². The number of alkyl halides is 3. The van der Waals surface area contributed by atoms with E-state index in [0.717, 1.165) is 0 Å². The van der Waals surface area contributed by atoms with Crippen molar-refractivity contribution in [3.63, 3.8) is 0 Å². The molecule has 0 aliphatic rings. The van der Waals surface area contributed by atoms with E-state index >= 15 is 0 Å². The summed E-state index contributed by atoms with van der Waals surface area (Å²) in [6, 6.07) is 0. The number of rotatable bonds is 3. The van der Waals surface area contributed by atoms with Crippen molar-refractivity contribution in [3.05, 3.63) is 12.7 Å². The van der Waals surface area contributed by atoms with Crippen molar-refractivity contribution in [1.29, 1.82) is 0 Å². The largest absolute Gasteiger partial charge is 0.459 e. The molecule has 0 heterocycles. The monoisotopic (exact) mass is 198 g/mol. The zero-order valence-corrected chi connectivity index (χ0v) is 6.89. The lowest BCUT2D eigenvalue weighted by Gasteiger charge is -2.25. The summed E-state index contributed by atoms with van der Waals surface area (Å²) in [7, 11) is 0. The van der Waals surface area contributed by atoms with Gasteiger partial charge in [-0.25, -0.2) is 4.79 Å². The third-order valence-electron chi connectivity index (χ3n) is 1.27. The number of carbonyl (C=O) groups is 1. The SMILES string of the molecule is C=CC(=O)OCC(C)(O)C(F)(F)F. The van der Waals surface area contributed by atoms with Crippen molar-refractivity contribution in [2.45, 2.75) is 18.7 Å². The summed E-state index contributed by atoms with van der Waals surface area (Å²) >= 11 is 0. The average molecular weight is 198 g/mol. The van der Waals surface area contributed by atoms with E-state index in [0.29, 0.717) is 13.0 Å². The molecule has 13 heavy (non-hydrogen) atoms. The molecule has 0 saturated carbocycles. The maximum absolute atomic E-state index is 11.9. The fraction of sp³-hybridized carbons (Fsp3) is 0.571. The molecule has 3 nitrogen and oxygen atoms in total. The van der Waals surface area contributed by atoms with Crippen LogP contribution in [0.25, 0.3) is 0 Å². The maximum atomic E-state index is 11.9. The Hall–Kier alpha value is -1.04. The smallest absolute Gasteiger partial charge is 0.420 e. The molecule has 0 rings (SSSR count). The standard InChI is InChI=1S/C7H9F3O3/c1-3-5(11)13-4-6(2,12)7(8,9)10/h3,12H,1,4H2,2H3. The number of ether oxygens (including phenoxy) is 1. The van der Waals surface area contributed by atoms with Gasteiger partial charge in [0.1, 0.15) is 6.61 Å². The number of hydrogen-bond acceptors (Lipinski definition) is 3. The quantitative estimate of drug-likeness (QED) is 0.544. The van der Waals surface area contributed by atoms with Crippen LogP contribution < -0.4 is 0 Å². The van der Waals surface area contributed by atoms with Gasteiger partial charge in [-0.15, -0.1) is 0 Å². The number of carbonyl (C=O) groups excluding carboxylic acids is 1. The summed E-state index contributed by atoms with van der Waals surface area (Å²) in [4.78, 5) is 10.4. The molecule has 1 N–H and O–H groups in total. The second-order valence-electron chi connectivity index (χ2n) is 2.58. The summed E-state index contributed by atoms with van der Waals surface area (Å²) in [5.74, 6) is -1.01. The molecule has 0 aromatic heterocycles. The Balaban J connectivity index is 4.19. The van der Waals surface area contributed by atoms with Crippen LogP contribution in [0.4, 0.5) is 13.2 Å². The van der Waals surface area contributed by atoms with Gasteiger partial charge in [-0.1, -0.05) is 6.58 Å². The molecule has 6 heteroatoms. The highest BCUT2D eigenvalue weighted by atomic mass is 19.4. The van der Waals surface area contributed by atoms with E-state index in [-0.39, 0.29) is 0 Å². The molecule has 0 amide bonds. The van der Waals surface area contributed by atoms with Crippen molar-refractivity contribution in [2.24, 2.45) is 0 Å². The number of aliphatic hydroxyl groups is 1. The normalized spacial score (nSPS) is 16.1. The van der Waals surface area contributed by atoms with Crippen molar-refractivity contribution in [1.82, 2.24) is 0 Å². The molecule has 1 atom stereocenters. The minimum atomic E-state index is -4.82. The van der Waals surface area contributed by atoms with Gasteiger partial charge in [0, 0.05) is 6.08 Å². The van der Waals surface area contributed by atoms with Gasteiger partial charge in [-0.05, 0) is 6.92 Å². The third kappa shape index (κ3) is 3.45. The molecule has 0 saturated heterocycles. The highest BCUT2D eigenvalue weighted by Crippen LogP contribution is 2.29.